The zero-order valence-electron chi connectivity index (χ0n) is 16.5. The molecule has 0 saturated carbocycles. The van der Waals surface area contributed by atoms with Gasteiger partial charge in [0.15, 0.2) is 0 Å². The summed E-state index contributed by atoms with van der Waals surface area (Å²) in [5, 5.41) is 9.64. The molecule has 2 rings (SSSR count). The third-order valence-corrected chi connectivity index (χ3v) is 6.70. The SMILES string of the molecule is COC1=CC(N(C)S(=O)(=O)c2ccc(OC)cc2)CC=C1C(O)(C(F)(F)F)C(F)(F)F. The molecule has 0 aromatic heterocycles. The van der Waals surface area contributed by atoms with E-state index in [1.165, 1.54) is 31.4 Å². The second-order valence-electron chi connectivity index (χ2n) is 6.56. The number of sulfonamides is 1. The molecule has 174 valence electrons. The van der Waals surface area contributed by atoms with Crippen LogP contribution in [-0.4, -0.2) is 63.1 Å². The van der Waals surface area contributed by atoms with Gasteiger partial charge in [0, 0.05) is 12.6 Å². The molecule has 0 aliphatic heterocycles. The standard InChI is InChI=1S/C18H19F6NO5S/c1-25(31(27,28)13-7-5-12(29-2)6-8-13)11-4-9-14(15(10-11)30-3)16(26,17(19,20)21)18(22,23)24/h5-11,26H,4H2,1-3H3. The minimum Gasteiger partial charge on any atom is -0.497 e. The van der Waals surface area contributed by atoms with Gasteiger partial charge in [0.25, 0.3) is 5.60 Å². The van der Waals surface area contributed by atoms with Crippen molar-refractivity contribution in [3.05, 3.63) is 47.7 Å². The molecule has 1 aliphatic rings. The Labute approximate surface area is 174 Å². The van der Waals surface area contributed by atoms with E-state index in [4.69, 9.17) is 4.74 Å². The molecule has 0 spiro atoms. The Kier molecular flexibility index (Phi) is 6.74. The number of rotatable bonds is 6. The van der Waals surface area contributed by atoms with Gasteiger partial charge in [-0.25, -0.2) is 8.42 Å². The van der Waals surface area contributed by atoms with Crippen molar-refractivity contribution in [3.63, 3.8) is 0 Å². The van der Waals surface area contributed by atoms with Crippen molar-refractivity contribution in [2.45, 2.75) is 35.3 Å². The van der Waals surface area contributed by atoms with Gasteiger partial charge >= 0.3 is 12.4 Å². The highest BCUT2D eigenvalue weighted by Gasteiger charge is 2.73. The average Bonchev–Trinajstić information content (AvgIpc) is 2.70. The van der Waals surface area contributed by atoms with Crippen LogP contribution in [-0.2, 0) is 14.8 Å². The summed E-state index contributed by atoms with van der Waals surface area (Å²) in [5.74, 6) is -0.558. The molecule has 0 saturated heterocycles. The summed E-state index contributed by atoms with van der Waals surface area (Å²) in [6, 6.07) is 4.06. The van der Waals surface area contributed by atoms with E-state index in [1.807, 2.05) is 0 Å². The largest absolute Gasteiger partial charge is 0.497 e. The molecule has 0 amide bonds. The highest BCUT2D eigenvalue weighted by Crippen LogP contribution is 2.50. The number of ether oxygens (including phenoxy) is 2. The number of aliphatic hydroxyl groups is 1. The quantitative estimate of drug-likeness (QED) is 0.639. The molecule has 31 heavy (non-hydrogen) atoms. The summed E-state index contributed by atoms with van der Waals surface area (Å²) < 4.78 is 115. The van der Waals surface area contributed by atoms with Crippen LogP contribution in [0.2, 0.25) is 0 Å². The van der Waals surface area contributed by atoms with Crippen molar-refractivity contribution < 1.29 is 49.3 Å². The van der Waals surface area contributed by atoms with Gasteiger partial charge in [0.1, 0.15) is 11.5 Å². The molecule has 0 bridgehead atoms. The van der Waals surface area contributed by atoms with Crippen LogP contribution in [0, 0.1) is 0 Å². The van der Waals surface area contributed by atoms with Gasteiger partial charge in [-0.3, -0.25) is 0 Å². The van der Waals surface area contributed by atoms with Crippen molar-refractivity contribution >= 4 is 10.0 Å². The lowest BCUT2D eigenvalue weighted by Crippen LogP contribution is -2.59. The van der Waals surface area contributed by atoms with E-state index >= 15 is 0 Å². The Bertz CT molecular complexity index is 953. The summed E-state index contributed by atoms with van der Waals surface area (Å²) in [6.07, 6.45) is -11.5. The number of benzene rings is 1. The first kappa shape index (κ1) is 25.0. The van der Waals surface area contributed by atoms with Crippen LogP contribution in [0.3, 0.4) is 0 Å². The lowest BCUT2D eigenvalue weighted by atomic mass is 9.85. The number of hydrogen-bond acceptors (Lipinski definition) is 5. The summed E-state index contributed by atoms with van der Waals surface area (Å²) >= 11 is 0. The molecule has 1 N–H and O–H groups in total. The lowest BCUT2D eigenvalue weighted by Gasteiger charge is -2.37. The molecule has 1 unspecified atom stereocenters. The number of likely N-dealkylation sites (N-methyl/N-ethyl adjacent to an activating group) is 1. The van der Waals surface area contributed by atoms with E-state index in [0.29, 0.717) is 11.8 Å². The van der Waals surface area contributed by atoms with Crippen LogP contribution >= 0.6 is 0 Å². The summed E-state index contributed by atoms with van der Waals surface area (Å²) in [7, 11) is -0.857. The average molecular weight is 475 g/mol. The summed E-state index contributed by atoms with van der Waals surface area (Å²) in [4.78, 5) is -0.167. The molecular weight excluding hydrogens is 456 g/mol. The molecule has 1 aliphatic carbocycles. The van der Waals surface area contributed by atoms with Crippen LogP contribution in [0.25, 0.3) is 0 Å². The van der Waals surface area contributed by atoms with Gasteiger partial charge in [0.2, 0.25) is 10.0 Å². The highest BCUT2D eigenvalue weighted by atomic mass is 32.2. The van der Waals surface area contributed by atoms with Gasteiger partial charge in [0.05, 0.1) is 25.2 Å². The van der Waals surface area contributed by atoms with Crippen LogP contribution in [0.15, 0.2) is 52.6 Å². The van der Waals surface area contributed by atoms with Crippen molar-refractivity contribution in [2.24, 2.45) is 0 Å². The molecule has 1 aromatic rings. The second-order valence-corrected chi connectivity index (χ2v) is 8.56. The minimum absolute atomic E-state index is 0.167. The fourth-order valence-corrected chi connectivity index (χ4v) is 4.30. The van der Waals surface area contributed by atoms with Gasteiger partial charge < -0.3 is 14.6 Å². The smallest absolute Gasteiger partial charge is 0.430 e. The first-order valence-electron chi connectivity index (χ1n) is 8.56. The van der Waals surface area contributed by atoms with Crippen molar-refractivity contribution in [3.8, 4) is 5.75 Å². The Hall–Kier alpha value is -2.25. The molecule has 0 radical (unpaired) electrons. The van der Waals surface area contributed by atoms with Crippen LogP contribution < -0.4 is 4.74 Å². The van der Waals surface area contributed by atoms with E-state index in [1.54, 1.807) is 0 Å². The highest BCUT2D eigenvalue weighted by molar-refractivity contribution is 7.89. The lowest BCUT2D eigenvalue weighted by molar-refractivity contribution is -0.352. The van der Waals surface area contributed by atoms with Crippen molar-refractivity contribution in [1.29, 1.82) is 0 Å². The first-order chi connectivity index (χ1) is 14.1. The maximum absolute atomic E-state index is 13.2. The normalized spacial score (nSPS) is 18.5. The maximum Gasteiger partial charge on any atom is 0.430 e. The van der Waals surface area contributed by atoms with Crippen molar-refractivity contribution in [2.75, 3.05) is 21.3 Å². The van der Waals surface area contributed by atoms with Crippen LogP contribution in [0.5, 0.6) is 5.75 Å². The fourth-order valence-electron chi connectivity index (χ4n) is 2.99. The molecule has 13 heteroatoms. The van der Waals surface area contributed by atoms with E-state index < -0.39 is 51.8 Å². The number of alkyl halides is 6. The van der Waals surface area contributed by atoms with Crippen LogP contribution in [0.4, 0.5) is 26.3 Å². The predicted octanol–water partition coefficient (Wildman–Crippen LogP) is 3.40. The molecule has 0 fully saturated rings. The minimum atomic E-state index is -6.09. The number of nitrogens with zero attached hydrogens (tertiary/aromatic N) is 1. The Morgan fingerprint density at radius 3 is 1.94 bits per heavy atom. The number of hydrogen-bond donors (Lipinski definition) is 1. The number of methoxy groups -OCH3 is 2. The third-order valence-electron chi connectivity index (χ3n) is 4.81. The fraction of sp³-hybridized carbons (Fsp3) is 0.444. The Morgan fingerprint density at radius 2 is 1.52 bits per heavy atom. The topological polar surface area (TPSA) is 76.1 Å². The monoisotopic (exact) mass is 475 g/mol. The van der Waals surface area contributed by atoms with E-state index in [-0.39, 0.29) is 4.90 Å². The molecule has 6 nitrogen and oxygen atoms in total. The van der Waals surface area contributed by atoms with Gasteiger partial charge in [-0.05, 0) is 36.8 Å². The summed E-state index contributed by atoms with van der Waals surface area (Å²) in [5.41, 5.74) is -6.73. The van der Waals surface area contributed by atoms with E-state index in [2.05, 4.69) is 4.74 Å². The van der Waals surface area contributed by atoms with E-state index in [0.717, 1.165) is 24.5 Å². The molecule has 1 aromatic carbocycles. The predicted molar refractivity (Wildman–Crippen MR) is 96.6 cm³/mol. The van der Waals surface area contributed by atoms with Gasteiger partial charge in [-0.2, -0.15) is 30.6 Å². The molecule has 1 atom stereocenters. The summed E-state index contributed by atoms with van der Waals surface area (Å²) in [6.45, 7) is 0. The molecule has 0 heterocycles. The second kappa shape index (κ2) is 8.36. The van der Waals surface area contributed by atoms with Crippen LogP contribution in [0.1, 0.15) is 6.42 Å². The first-order valence-corrected chi connectivity index (χ1v) is 10.00. The van der Waals surface area contributed by atoms with E-state index in [9.17, 15) is 39.9 Å². The maximum atomic E-state index is 13.2. The van der Waals surface area contributed by atoms with Crippen molar-refractivity contribution in [1.82, 2.24) is 4.31 Å². The Balaban J connectivity index is 2.44. The van der Waals surface area contributed by atoms with Gasteiger partial charge in [-0.15, -0.1) is 0 Å². The third kappa shape index (κ3) is 4.39. The number of halogens is 6. The Morgan fingerprint density at radius 1 is 1.00 bits per heavy atom. The molecular formula is C18H19F6NO5S. The zero-order valence-corrected chi connectivity index (χ0v) is 17.3. The van der Waals surface area contributed by atoms with Gasteiger partial charge in [-0.1, -0.05) is 6.08 Å². The zero-order chi connectivity index (χ0) is 23.8.